The standard InChI is InChI=1S/C11H22O3/c1-5-9(2)6-7-14-10(12)8-11(3,4)13/h9,13H,5-8H2,1-4H3. The molecule has 0 rings (SSSR count). The number of aliphatic hydroxyl groups is 1. The molecule has 0 radical (unpaired) electrons. The lowest BCUT2D eigenvalue weighted by Gasteiger charge is -2.16. The lowest BCUT2D eigenvalue weighted by atomic mass is 10.1. The first kappa shape index (κ1) is 13.4. The van der Waals surface area contributed by atoms with Gasteiger partial charge in [-0.15, -0.1) is 0 Å². The Labute approximate surface area is 86.5 Å². The van der Waals surface area contributed by atoms with Crippen LogP contribution in [0.5, 0.6) is 0 Å². The van der Waals surface area contributed by atoms with Crippen LogP contribution in [0.4, 0.5) is 0 Å². The summed E-state index contributed by atoms with van der Waals surface area (Å²) in [5.41, 5.74) is -0.965. The first-order chi connectivity index (χ1) is 6.35. The Hall–Kier alpha value is -0.570. The van der Waals surface area contributed by atoms with E-state index in [1.807, 2.05) is 0 Å². The van der Waals surface area contributed by atoms with Crippen molar-refractivity contribution in [3.63, 3.8) is 0 Å². The summed E-state index contributed by atoms with van der Waals surface area (Å²) in [6.07, 6.45) is 2.06. The smallest absolute Gasteiger partial charge is 0.308 e. The zero-order valence-electron chi connectivity index (χ0n) is 9.67. The molecule has 14 heavy (non-hydrogen) atoms. The molecule has 0 saturated carbocycles. The summed E-state index contributed by atoms with van der Waals surface area (Å²) in [7, 11) is 0. The maximum atomic E-state index is 11.1. The summed E-state index contributed by atoms with van der Waals surface area (Å²) in [6, 6.07) is 0. The number of carbonyl (C=O) groups excluding carboxylic acids is 1. The Kier molecular flexibility index (Phi) is 5.77. The van der Waals surface area contributed by atoms with Gasteiger partial charge in [0.1, 0.15) is 0 Å². The van der Waals surface area contributed by atoms with Gasteiger partial charge >= 0.3 is 5.97 Å². The Balaban J connectivity index is 3.55. The summed E-state index contributed by atoms with van der Waals surface area (Å²) in [4.78, 5) is 11.1. The van der Waals surface area contributed by atoms with Crippen molar-refractivity contribution in [2.75, 3.05) is 6.61 Å². The lowest BCUT2D eigenvalue weighted by molar-refractivity contribution is -0.148. The van der Waals surface area contributed by atoms with Gasteiger partial charge in [-0.1, -0.05) is 20.3 Å². The maximum Gasteiger partial charge on any atom is 0.308 e. The highest BCUT2D eigenvalue weighted by Gasteiger charge is 2.18. The molecule has 0 saturated heterocycles. The van der Waals surface area contributed by atoms with E-state index in [0.717, 1.165) is 12.8 Å². The van der Waals surface area contributed by atoms with Crippen molar-refractivity contribution < 1.29 is 14.6 Å². The van der Waals surface area contributed by atoms with Crippen molar-refractivity contribution in [1.29, 1.82) is 0 Å². The number of ether oxygens (including phenoxy) is 1. The minimum Gasteiger partial charge on any atom is -0.466 e. The van der Waals surface area contributed by atoms with Gasteiger partial charge in [0.2, 0.25) is 0 Å². The maximum absolute atomic E-state index is 11.1. The van der Waals surface area contributed by atoms with Crippen LogP contribution in [0.15, 0.2) is 0 Å². The summed E-state index contributed by atoms with van der Waals surface area (Å²) in [6.45, 7) is 7.91. The molecule has 0 aromatic heterocycles. The predicted molar refractivity (Wildman–Crippen MR) is 55.9 cm³/mol. The number of hydrogen-bond acceptors (Lipinski definition) is 3. The molecule has 1 unspecified atom stereocenters. The molecule has 0 fully saturated rings. The molecule has 0 aliphatic rings. The molecule has 0 amide bonds. The van der Waals surface area contributed by atoms with Crippen molar-refractivity contribution in [3.05, 3.63) is 0 Å². The van der Waals surface area contributed by atoms with Gasteiger partial charge < -0.3 is 9.84 Å². The molecular formula is C11H22O3. The van der Waals surface area contributed by atoms with Crippen LogP contribution in [0.2, 0.25) is 0 Å². The van der Waals surface area contributed by atoms with Gasteiger partial charge in [-0.3, -0.25) is 4.79 Å². The molecule has 0 bridgehead atoms. The molecule has 0 spiro atoms. The van der Waals surface area contributed by atoms with Gasteiger partial charge in [0.05, 0.1) is 18.6 Å². The van der Waals surface area contributed by atoms with Gasteiger partial charge in [-0.05, 0) is 26.2 Å². The molecular weight excluding hydrogens is 180 g/mol. The van der Waals surface area contributed by atoms with E-state index in [0.29, 0.717) is 12.5 Å². The number of hydrogen-bond donors (Lipinski definition) is 1. The third-order valence-electron chi connectivity index (χ3n) is 2.15. The molecule has 0 aromatic carbocycles. The van der Waals surface area contributed by atoms with Crippen molar-refractivity contribution in [3.8, 4) is 0 Å². The summed E-state index contributed by atoms with van der Waals surface area (Å²) in [5.74, 6) is 0.269. The molecule has 3 nitrogen and oxygen atoms in total. The fraction of sp³-hybridized carbons (Fsp3) is 0.909. The Morgan fingerprint density at radius 1 is 1.50 bits per heavy atom. The average molecular weight is 202 g/mol. The minimum atomic E-state index is -0.965. The van der Waals surface area contributed by atoms with E-state index in [2.05, 4.69) is 13.8 Å². The van der Waals surface area contributed by atoms with Crippen LogP contribution in [0.25, 0.3) is 0 Å². The van der Waals surface area contributed by atoms with Crippen molar-refractivity contribution in [1.82, 2.24) is 0 Å². The molecule has 3 heteroatoms. The topological polar surface area (TPSA) is 46.5 Å². The number of esters is 1. The van der Waals surface area contributed by atoms with E-state index >= 15 is 0 Å². The van der Waals surface area contributed by atoms with E-state index in [1.165, 1.54) is 0 Å². The van der Waals surface area contributed by atoms with Crippen molar-refractivity contribution >= 4 is 5.97 Å². The minimum absolute atomic E-state index is 0.0630. The quantitative estimate of drug-likeness (QED) is 0.671. The van der Waals surface area contributed by atoms with Crippen LogP contribution in [-0.2, 0) is 9.53 Å². The molecule has 0 aliphatic carbocycles. The van der Waals surface area contributed by atoms with E-state index in [-0.39, 0.29) is 12.4 Å². The van der Waals surface area contributed by atoms with E-state index in [1.54, 1.807) is 13.8 Å². The zero-order valence-corrected chi connectivity index (χ0v) is 9.67. The normalized spacial score (nSPS) is 13.8. The first-order valence-electron chi connectivity index (χ1n) is 5.23. The van der Waals surface area contributed by atoms with Gasteiger partial charge in [0, 0.05) is 0 Å². The predicted octanol–water partition coefficient (Wildman–Crippen LogP) is 2.13. The highest BCUT2D eigenvalue weighted by Crippen LogP contribution is 2.10. The molecule has 1 N–H and O–H groups in total. The van der Waals surface area contributed by atoms with Crippen molar-refractivity contribution in [2.24, 2.45) is 5.92 Å². The van der Waals surface area contributed by atoms with E-state index in [4.69, 9.17) is 4.74 Å². The molecule has 0 heterocycles. The SMILES string of the molecule is CCC(C)CCOC(=O)CC(C)(C)O. The third kappa shape index (κ3) is 8.05. The zero-order chi connectivity index (χ0) is 11.2. The molecule has 1 atom stereocenters. The molecule has 0 aliphatic heterocycles. The second-order valence-corrected chi connectivity index (χ2v) is 4.51. The fourth-order valence-corrected chi connectivity index (χ4v) is 0.982. The van der Waals surface area contributed by atoms with Crippen LogP contribution in [0.3, 0.4) is 0 Å². The van der Waals surface area contributed by atoms with E-state index < -0.39 is 5.60 Å². The van der Waals surface area contributed by atoms with Gasteiger partial charge in [0.25, 0.3) is 0 Å². The monoisotopic (exact) mass is 202 g/mol. The lowest BCUT2D eigenvalue weighted by Crippen LogP contribution is -2.25. The van der Waals surface area contributed by atoms with Gasteiger partial charge in [-0.2, -0.15) is 0 Å². The van der Waals surface area contributed by atoms with Crippen LogP contribution < -0.4 is 0 Å². The summed E-state index contributed by atoms with van der Waals surface area (Å²) < 4.78 is 4.99. The molecule has 0 aromatic rings. The number of rotatable bonds is 6. The highest BCUT2D eigenvalue weighted by molar-refractivity contribution is 5.70. The Morgan fingerprint density at radius 2 is 2.07 bits per heavy atom. The Morgan fingerprint density at radius 3 is 2.50 bits per heavy atom. The average Bonchev–Trinajstić information content (AvgIpc) is 2.00. The Bertz CT molecular complexity index is 170. The summed E-state index contributed by atoms with van der Waals surface area (Å²) >= 11 is 0. The first-order valence-corrected chi connectivity index (χ1v) is 5.23. The van der Waals surface area contributed by atoms with Gasteiger partial charge in [-0.25, -0.2) is 0 Å². The highest BCUT2D eigenvalue weighted by atomic mass is 16.5. The third-order valence-corrected chi connectivity index (χ3v) is 2.15. The van der Waals surface area contributed by atoms with Crippen LogP contribution in [0.1, 0.15) is 47.0 Å². The summed E-state index contributed by atoms with van der Waals surface area (Å²) in [5, 5.41) is 9.34. The molecule has 84 valence electrons. The van der Waals surface area contributed by atoms with Crippen molar-refractivity contribution in [2.45, 2.75) is 52.6 Å². The number of carbonyl (C=O) groups is 1. The second kappa shape index (κ2) is 6.02. The van der Waals surface area contributed by atoms with Crippen LogP contribution in [0, 0.1) is 5.92 Å². The van der Waals surface area contributed by atoms with E-state index in [9.17, 15) is 9.90 Å². The van der Waals surface area contributed by atoms with Crippen LogP contribution >= 0.6 is 0 Å². The largest absolute Gasteiger partial charge is 0.466 e. The van der Waals surface area contributed by atoms with Crippen LogP contribution in [-0.4, -0.2) is 23.3 Å². The fourth-order valence-electron chi connectivity index (χ4n) is 0.982. The second-order valence-electron chi connectivity index (χ2n) is 4.51. The van der Waals surface area contributed by atoms with Gasteiger partial charge in [0.15, 0.2) is 0 Å².